The zero-order valence-electron chi connectivity index (χ0n) is 13.7. The molecule has 2 aliphatic rings. The molecule has 4 rings (SSSR count). The Morgan fingerprint density at radius 2 is 2.36 bits per heavy atom. The summed E-state index contributed by atoms with van der Waals surface area (Å²) >= 11 is 1.60. The summed E-state index contributed by atoms with van der Waals surface area (Å²) in [5, 5.41) is 7.36. The highest BCUT2D eigenvalue weighted by atomic mass is 35.5. The van der Waals surface area contributed by atoms with Crippen molar-refractivity contribution in [1.82, 2.24) is 25.6 Å². The van der Waals surface area contributed by atoms with Crippen molar-refractivity contribution in [2.75, 3.05) is 36.8 Å². The van der Waals surface area contributed by atoms with E-state index in [4.69, 9.17) is 0 Å². The van der Waals surface area contributed by atoms with Crippen molar-refractivity contribution in [3.8, 4) is 0 Å². The standard InChI is InChI=1S/C16H20N6OS.ClH/c23-16(19-8-11-1-3-17-7-11)13-9-22(5-6-24-13)15-12-2-4-18-14(12)20-10-21-15;/h2,4,9-11,17H,1,3,5-8H2,(H,19,23)(H,18,20,21);1H/t11-;/m0./s1. The lowest BCUT2D eigenvalue weighted by Crippen LogP contribution is -2.34. The molecule has 1 fully saturated rings. The molecule has 3 N–H and O–H groups in total. The summed E-state index contributed by atoms with van der Waals surface area (Å²) in [4.78, 5) is 27.0. The summed E-state index contributed by atoms with van der Waals surface area (Å²) in [6, 6.07) is 1.97. The van der Waals surface area contributed by atoms with Crippen molar-refractivity contribution in [3.63, 3.8) is 0 Å². The third kappa shape index (κ3) is 3.91. The molecule has 0 aliphatic carbocycles. The molecule has 0 saturated carbocycles. The average Bonchev–Trinajstić information content (AvgIpc) is 3.30. The smallest absolute Gasteiger partial charge is 0.259 e. The molecule has 4 heterocycles. The van der Waals surface area contributed by atoms with E-state index in [0.717, 1.165) is 60.1 Å². The molecule has 2 aromatic rings. The minimum atomic E-state index is 0. The van der Waals surface area contributed by atoms with Gasteiger partial charge in [0.2, 0.25) is 0 Å². The summed E-state index contributed by atoms with van der Waals surface area (Å²) in [7, 11) is 0. The number of nitrogens with zero attached hydrogens (tertiary/aromatic N) is 3. The highest BCUT2D eigenvalue weighted by Gasteiger charge is 2.22. The van der Waals surface area contributed by atoms with Crippen LogP contribution in [-0.2, 0) is 4.79 Å². The third-order valence-corrected chi connectivity index (χ3v) is 5.39. The van der Waals surface area contributed by atoms with E-state index in [9.17, 15) is 4.79 Å². The zero-order valence-corrected chi connectivity index (χ0v) is 15.3. The van der Waals surface area contributed by atoms with Gasteiger partial charge in [-0.05, 0) is 31.5 Å². The monoisotopic (exact) mass is 380 g/mol. The second-order valence-corrected chi connectivity index (χ2v) is 7.18. The molecule has 1 saturated heterocycles. The molecule has 0 aromatic carbocycles. The first-order chi connectivity index (χ1) is 11.8. The predicted octanol–water partition coefficient (Wildman–Crippen LogP) is 1.50. The molecular weight excluding hydrogens is 360 g/mol. The van der Waals surface area contributed by atoms with Crippen LogP contribution in [0.1, 0.15) is 6.42 Å². The number of rotatable bonds is 4. The maximum atomic E-state index is 12.5. The number of hydrogen-bond donors (Lipinski definition) is 3. The maximum Gasteiger partial charge on any atom is 0.259 e. The van der Waals surface area contributed by atoms with Crippen LogP contribution in [0.5, 0.6) is 0 Å². The number of aromatic nitrogens is 3. The predicted molar refractivity (Wildman–Crippen MR) is 103 cm³/mol. The molecule has 0 spiro atoms. The van der Waals surface area contributed by atoms with E-state index >= 15 is 0 Å². The number of halogens is 1. The van der Waals surface area contributed by atoms with Crippen molar-refractivity contribution in [2.24, 2.45) is 5.92 Å². The molecular formula is C16H21ClN6OS. The molecule has 25 heavy (non-hydrogen) atoms. The number of nitrogens with one attached hydrogen (secondary N) is 3. The number of anilines is 1. The van der Waals surface area contributed by atoms with Gasteiger partial charge in [0.1, 0.15) is 17.8 Å². The highest BCUT2D eigenvalue weighted by Crippen LogP contribution is 2.28. The first-order valence-corrected chi connectivity index (χ1v) is 9.18. The minimum Gasteiger partial charge on any atom is -0.351 e. The molecule has 2 aliphatic heterocycles. The van der Waals surface area contributed by atoms with Gasteiger partial charge in [-0.3, -0.25) is 4.79 Å². The number of carbonyl (C=O) groups excluding carboxylic acids is 1. The van der Waals surface area contributed by atoms with Crippen LogP contribution >= 0.6 is 24.2 Å². The van der Waals surface area contributed by atoms with E-state index in [2.05, 4.69) is 25.6 Å². The number of hydrogen-bond acceptors (Lipinski definition) is 6. The van der Waals surface area contributed by atoms with Gasteiger partial charge in [0.05, 0.1) is 10.3 Å². The first-order valence-electron chi connectivity index (χ1n) is 8.19. The first kappa shape index (κ1) is 18.0. The van der Waals surface area contributed by atoms with Gasteiger partial charge in [-0.1, -0.05) is 0 Å². The lowest BCUT2D eigenvalue weighted by atomic mass is 10.1. The molecule has 0 bridgehead atoms. The molecule has 134 valence electrons. The summed E-state index contributed by atoms with van der Waals surface area (Å²) in [6.45, 7) is 3.60. The molecule has 7 nitrogen and oxygen atoms in total. The molecule has 9 heteroatoms. The van der Waals surface area contributed by atoms with E-state index in [-0.39, 0.29) is 18.3 Å². The van der Waals surface area contributed by atoms with Crippen molar-refractivity contribution < 1.29 is 4.79 Å². The zero-order chi connectivity index (χ0) is 16.4. The quantitative estimate of drug-likeness (QED) is 0.745. The third-order valence-electron chi connectivity index (χ3n) is 4.41. The molecule has 1 atom stereocenters. The van der Waals surface area contributed by atoms with Gasteiger partial charge in [0.25, 0.3) is 5.91 Å². The highest BCUT2D eigenvalue weighted by molar-refractivity contribution is 8.04. The molecule has 0 unspecified atom stereocenters. The van der Waals surface area contributed by atoms with Gasteiger partial charge in [-0.15, -0.1) is 24.2 Å². The number of amides is 1. The van der Waals surface area contributed by atoms with Crippen LogP contribution in [0.15, 0.2) is 29.7 Å². The van der Waals surface area contributed by atoms with Gasteiger partial charge < -0.3 is 20.5 Å². The summed E-state index contributed by atoms with van der Waals surface area (Å²) in [6.07, 6.45) is 6.45. The number of thioether (sulfide) groups is 1. The fourth-order valence-corrected chi connectivity index (χ4v) is 4.00. The molecule has 2 aromatic heterocycles. The number of aromatic amines is 1. The maximum absolute atomic E-state index is 12.5. The topological polar surface area (TPSA) is 85.9 Å². The van der Waals surface area contributed by atoms with Crippen molar-refractivity contribution in [1.29, 1.82) is 0 Å². The van der Waals surface area contributed by atoms with E-state index in [0.29, 0.717) is 5.92 Å². The Morgan fingerprint density at radius 1 is 1.44 bits per heavy atom. The van der Waals surface area contributed by atoms with Gasteiger partial charge in [-0.25, -0.2) is 9.97 Å². The summed E-state index contributed by atoms with van der Waals surface area (Å²) in [5.74, 6) is 2.25. The Balaban J connectivity index is 0.00000182. The normalized spacial score (nSPS) is 20.2. The SMILES string of the molecule is Cl.O=C(NC[C@H]1CCNC1)C1=CN(c2ncnc3[nH]ccc23)CCS1. The Labute approximate surface area is 156 Å². The summed E-state index contributed by atoms with van der Waals surface area (Å²) in [5.41, 5.74) is 0.811. The van der Waals surface area contributed by atoms with E-state index in [1.54, 1.807) is 18.1 Å². The lowest BCUT2D eigenvalue weighted by molar-refractivity contribution is -0.117. The molecule has 0 radical (unpaired) electrons. The van der Waals surface area contributed by atoms with Crippen molar-refractivity contribution in [2.45, 2.75) is 6.42 Å². The fraction of sp³-hybridized carbons (Fsp3) is 0.438. The van der Waals surface area contributed by atoms with Crippen LogP contribution in [0, 0.1) is 5.92 Å². The molecule has 1 amide bonds. The Kier molecular flexibility index (Phi) is 5.82. The fourth-order valence-electron chi connectivity index (χ4n) is 3.09. The van der Waals surface area contributed by atoms with E-state index < -0.39 is 0 Å². The largest absolute Gasteiger partial charge is 0.351 e. The van der Waals surface area contributed by atoms with Gasteiger partial charge in [0, 0.05) is 31.2 Å². The Bertz CT molecular complexity index is 773. The van der Waals surface area contributed by atoms with Crippen LogP contribution in [-0.4, -0.2) is 52.8 Å². The van der Waals surface area contributed by atoms with E-state index in [1.165, 1.54) is 0 Å². The van der Waals surface area contributed by atoms with Crippen LogP contribution in [0.2, 0.25) is 0 Å². The number of carbonyl (C=O) groups is 1. The van der Waals surface area contributed by atoms with Crippen molar-refractivity contribution >= 4 is 46.9 Å². The van der Waals surface area contributed by atoms with Gasteiger partial charge in [0.15, 0.2) is 0 Å². The second-order valence-electron chi connectivity index (χ2n) is 6.04. The number of fused-ring (bicyclic) bond motifs is 1. The van der Waals surface area contributed by atoms with Crippen LogP contribution in [0.25, 0.3) is 11.0 Å². The van der Waals surface area contributed by atoms with Crippen molar-refractivity contribution in [3.05, 3.63) is 29.7 Å². The average molecular weight is 381 g/mol. The minimum absolute atomic E-state index is 0. The van der Waals surface area contributed by atoms with Gasteiger partial charge in [-0.2, -0.15) is 0 Å². The van der Waals surface area contributed by atoms with Crippen LogP contribution in [0.3, 0.4) is 0 Å². The van der Waals surface area contributed by atoms with E-state index in [1.807, 2.05) is 23.4 Å². The van der Waals surface area contributed by atoms with Crippen LogP contribution in [0.4, 0.5) is 5.82 Å². The lowest BCUT2D eigenvalue weighted by Gasteiger charge is -2.25. The Morgan fingerprint density at radius 3 is 3.20 bits per heavy atom. The second kappa shape index (κ2) is 8.07. The number of H-pyrrole nitrogens is 1. The Hall–Kier alpha value is -1.77. The van der Waals surface area contributed by atoms with Gasteiger partial charge >= 0.3 is 0 Å². The van der Waals surface area contributed by atoms with Crippen LogP contribution < -0.4 is 15.5 Å². The summed E-state index contributed by atoms with van der Waals surface area (Å²) < 4.78 is 0.